The summed E-state index contributed by atoms with van der Waals surface area (Å²) in [5.41, 5.74) is 1.03. The number of nitrogens with zero attached hydrogens (tertiary/aromatic N) is 1. The van der Waals surface area contributed by atoms with Crippen LogP contribution in [0, 0.1) is 0 Å². The number of halogens is 1. The second-order valence-corrected chi connectivity index (χ2v) is 6.86. The summed E-state index contributed by atoms with van der Waals surface area (Å²) in [6.45, 7) is 1.39. The number of methoxy groups -OCH3 is 1. The van der Waals surface area contributed by atoms with Gasteiger partial charge in [0.05, 0.1) is 13.7 Å². The van der Waals surface area contributed by atoms with Crippen LogP contribution in [0.15, 0.2) is 48.2 Å². The van der Waals surface area contributed by atoms with E-state index >= 15 is 0 Å². The molecule has 0 aromatic heterocycles. The van der Waals surface area contributed by atoms with Crippen LogP contribution in [-0.2, 0) is 16.1 Å². The topological polar surface area (TPSA) is 105 Å². The summed E-state index contributed by atoms with van der Waals surface area (Å²) in [5, 5.41) is 12.1. The smallest absolute Gasteiger partial charge is 0.344 e. The van der Waals surface area contributed by atoms with Gasteiger partial charge < -0.3 is 19.9 Å². The number of aliphatic carboxylic acids is 1. The zero-order valence-corrected chi connectivity index (χ0v) is 17.0. The number of ether oxygens (including phenoxy) is 2. The van der Waals surface area contributed by atoms with Crippen molar-refractivity contribution in [2.75, 3.05) is 7.11 Å². The number of imide groups is 1. The van der Waals surface area contributed by atoms with E-state index in [2.05, 4.69) is 5.32 Å². The van der Waals surface area contributed by atoms with Crippen LogP contribution in [0.1, 0.15) is 18.1 Å². The second-order valence-electron chi connectivity index (χ2n) is 6.45. The van der Waals surface area contributed by atoms with Gasteiger partial charge in [0.25, 0.3) is 5.91 Å². The standard InChI is InChI=1S/C21H19ClN2O6/c1-12(20(26)27)30-18-13(7-5-9-17(18)29-2)10-16-19(25)24(21(28)23-16)11-14-6-3-4-8-15(14)22/h3-10,12H,11H2,1-2H3,(H,23,28)(H,26,27)/b16-10-/t12-/m1/s1. The van der Waals surface area contributed by atoms with Gasteiger partial charge in [0, 0.05) is 10.6 Å². The molecule has 156 valence electrons. The van der Waals surface area contributed by atoms with Gasteiger partial charge in [-0.05, 0) is 30.7 Å². The van der Waals surface area contributed by atoms with Crippen LogP contribution in [-0.4, -0.2) is 41.1 Å². The lowest BCUT2D eigenvalue weighted by atomic mass is 10.1. The molecule has 1 aliphatic rings. The number of hydrogen-bond donors (Lipinski definition) is 2. The van der Waals surface area contributed by atoms with Crippen molar-refractivity contribution in [1.29, 1.82) is 0 Å². The van der Waals surface area contributed by atoms with Gasteiger partial charge >= 0.3 is 12.0 Å². The Bertz CT molecular complexity index is 1040. The number of carboxylic acid groups (broad SMARTS) is 1. The van der Waals surface area contributed by atoms with Crippen LogP contribution >= 0.6 is 11.6 Å². The van der Waals surface area contributed by atoms with Crippen LogP contribution in [0.25, 0.3) is 6.08 Å². The van der Waals surface area contributed by atoms with E-state index in [1.165, 1.54) is 20.1 Å². The Labute approximate surface area is 177 Å². The summed E-state index contributed by atoms with van der Waals surface area (Å²) in [5.74, 6) is -1.26. The van der Waals surface area contributed by atoms with Crippen molar-refractivity contribution in [1.82, 2.24) is 10.2 Å². The maximum atomic E-state index is 12.8. The fourth-order valence-corrected chi connectivity index (χ4v) is 3.02. The predicted octanol–water partition coefficient (Wildman–Crippen LogP) is 3.29. The van der Waals surface area contributed by atoms with Gasteiger partial charge in [0.2, 0.25) is 0 Å². The molecule has 0 spiro atoms. The highest BCUT2D eigenvalue weighted by molar-refractivity contribution is 6.31. The van der Waals surface area contributed by atoms with E-state index in [9.17, 15) is 14.4 Å². The van der Waals surface area contributed by atoms with Gasteiger partial charge in [0.15, 0.2) is 17.6 Å². The van der Waals surface area contributed by atoms with Gasteiger partial charge in [-0.25, -0.2) is 9.59 Å². The molecule has 3 amide bonds. The lowest BCUT2D eigenvalue weighted by Gasteiger charge is -2.16. The van der Waals surface area contributed by atoms with Crippen LogP contribution in [0.4, 0.5) is 4.79 Å². The number of para-hydroxylation sites is 1. The number of benzene rings is 2. The monoisotopic (exact) mass is 430 g/mol. The molecule has 30 heavy (non-hydrogen) atoms. The number of carbonyl (C=O) groups is 3. The van der Waals surface area contributed by atoms with Crippen molar-refractivity contribution in [2.45, 2.75) is 19.6 Å². The lowest BCUT2D eigenvalue weighted by Crippen LogP contribution is -2.30. The largest absolute Gasteiger partial charge is 0.493 e. The Morgan fingerprint density at radius 2 is 1.97 bits per heavy atom. The first-order chi connectivity index (χ1) is 14.3. The summed E-state index contributed by atoms with van der Waals surface area (Å²) in [6.07, 6.45) is 0.267. The molecule has 9 heteroatoms. The van der Waals surface area contributed by atoms with E-state index in [1.807, 2.05) is 0 Å². The molecule has 0 radical (unpaired) electrons. The zero-order valence-electron chi connectivity index (χ0n) is 16.2. The molecule has 1 saturated heterocycles. The fraction of sp³-hybridized carbons (Fsp3) is 0.190. The normalized spacial score (nSPS) is 15.8. The van der Waals surface area contributed by atoms with Crippen LogP contribution < -0.4 is 14.8 Å². The average Bonchev–Trinajstić information content (AvgIpc) is 2.98. The van der Waals surface area contributed by atoms with Gasteiger partial charge in [-0.1, -0.05) is 41.9 Å². The SMILES string of the molecule is COc1cccc(/C=C2\NC(=O)N(Cc3ccccc3Cl)C2=O)c1O[C@H](C)C(=O)O. The van der Waals surface area contributed by atoms with E-state index in [4.69, 9.17) is 26.2 Å². The second kappa shape index (κ2) is 8.87. The maximum absolute atomic E-state index is 12.8. The quantitative estimate of drug-likeness (QED) is 0.516. The number of rotatable bonds is 7. The summed E-state index contributed by atoms with van der Waals surface area (Å²) in [7, 11) is 1.42. The summed E-state index contributed by atoms with van der Waals surface area (Å²) < 4.78 is 10.8. The van der Waals surface area contributed by atoms with Crippen molar-refractivity contribution < 1.29 is 29.0 Å². The zero-order chi connectivity index (χ0) is 21.8. The number of nitrogens with one attached hydrogen (secondary N) is 1. The van der Waals surface area contributed by atoms with Crippen molar-refractivity contribution in [3.8, 4) is 11.5 Å². The number of urea groups is 1. The highest BCUT2D eigenvalue weighted by Gasteiger charge is 2.34. The summed E-state index contributed by atoms with van der Waals surface area (Å²) in [6, 6.07) is 11.2. The Morgan fingerprint density at radius 3 is 2.63 bits per heavy atom. The van der Waals surface area contributed by atoms with Crippen LogP contribution in [0.5, 0.6) is 11.5 Å². The third-order valence-electron chi connectivity index (χ3n) is 4.42. The molecule has 0 aliphatic carbocycles. The van der Waals surface area contributed by atoms with Crippen molar-refractivity contribution in [3.05, 3.63) is 64.3 Å². The number of amides is 3. The molecule has 0 bridgehead atoms. The first kappa shape index (κ1) is 21.2. The third kappa shape index (κ3) is 4.38. The molecule has 2 N–H and O–H groups in total. The van der Waals surface area contributed by atoms with Gasteiger partial charge in [0.1, 0.15) is 5.70 Å². The molecule has 0 saturated carbocycles. The van der Waals surface area contributed by atoms with E-state index in [0.717, 1.165) is 4.90 Å². The van der Waals surface area contributed by atoms with Crippen molar-refractivity contribution in [2.24, 2.45) is 0 Å². The number of hydrogen-bond acceptors (Lipinski definition) is 5. The van der Waals surface area contributed by atoms with E-state index < -0.39 is 24.0 Å². The van der Waals surface area contributed by atoms with Crippen molar-refractivity contribution in [3.63, 3.8) is 0 Å². The minimum Gasteiger partial charge on any atom is -0.493 e. The Morgan fingerprint density at radius 1 is 1.23 bits per heavy atom. The molecule has 8 nitrogen and oxygen atoms in total. The molecule has 1 heterocycles. The third-order valence-corrected chi connectivity index (χ3v) is 4.79. The van der Waals surface area contributed by atoms with Gasteiger partial charge in [-0.15, -0.1) is 0 Å². The molecule has 1 atom stereocenters. The number of carbonyl (C=O) groups excluding carboxylic acids is 2. The minimum absolute atomic E-state index is 0.0131. The summed E-state index contributed by atoms with van der Waals surface area (Å²) in [4.78, 5) is 37.4. The molecule has 2 aromatic carbocycles. The van der Waals surface area contributed by atoms with E-state index in [1.54, 1.807) is 42.5 Å². The Balaban J connectivity index is 1.92. The van der Waals surface area contributed by atoms with Crippen LogP contribution in [0.3, 0.4) is 0 Å². The first-order valence-electron chi connectivity index (χ1n) is 8.96. The molecule has 3 rings (SSSR count). The van der Waals surface area contributed by atoms with Gasteiger partial charge in [-0.3, -0.25) is 9.69 Å². The number of carboxylic acids is 1. The Kier molecular flexibility index (Phi) is 6.27. The van der Waals surface area contributed by atoms with Crippen molar-refractivity contribution >= 4 is 35.6 Å². The molecule has 1 fully saturated rings. The molecule has 1 aliphatic heterocycles. The average molecular weight is 431 g/mol. The fourth-order valence-electron chi connectivity index (χ4n) is 2.83. The highest BCUT2D eigenvalue weighted by atomic mass is 35.5. The molecular formula is C21H19ClN2O6. The van der Waals surface area contributed by atoms with Gasteiger partial charge in [-0.2, -0.15) is 0 Å². The Hall–Kier alpha value is -3.52. The first-order valence-corrected chi connectivity index (χ1v) is 9.34. The predicted molar refractivity (Wildman–Crippen MR) is 109 cm³/mol. The van der Waals surface area contributed by atoms with Crippen LogP contribution in [0.2, 0.25) is 5.02 Å². The van der Waals surface area contributed by atoms with E-state index in [0.29, 0.717) is 21.9 Å². The lowest BCUT2D eigenvalue weighted by molar-refractivity contribution is -0.144. The minimum atomic E-state index is -1.16. The highest BCUT2D eigenvalue weighted by Crippen LogP contribution is 2.34. The molecule has 2 aromatic rings. The summed E-state index contributed by atoms with van der Waals surface area (Å²) >= 11 is 6.13. The maximum Gasteiger partial charge on any atom is 0.344 e. The molecule has 0 unspecified atom stereocenters. The van der Waals surface area contributed by atoms with E-state index in [-0.39, 0.29) is 18.0 Å². The molecular weight excluding hydrogens is 412 g/mol.